The summed E-state index contributed by atoms with van der Waals surface area (Å²) in [5.41, 5.74) is 8.54. The highest BCUT2D eigenvalue weighted by atomic mass is 16.5. The number of aryl methyl sites for hydroxylation is 1. The van der Waals surface area contributed by atoms with Crippen LogP contribution in [0.15, 0.2) is 36.4 Å². The van der Waals surface area contributed by atoms with Crippen molar-refractivity contribution in [3.05, 3.63) is 53.1 Å². The molecule has 0 atom stereocenters. The fourth-order valence-electron chi connectivity index (χ4n) is 2.49. The number of amides is 2. The Labute approximate surface area is 158 Å². The first-order chi connectivity index (χ1) is 12.9. The normalized spacial score (nSPS) is 10.2. The van der Waals surface area contributed by atoms with Crippen molar-refractivity contribution in [3.8, 4) is 11.5 Å². The van der Waals surface area contributed by atoms with Gasteiger partial charge in [0.25, 0.3) is 11.8 Å². The van der Waals surface area contributed by atoms with Gasteiger partial charge in [0.2, 0.25) is 0 Å². The third-order valence-corrected chi connectivity index (χ3v) is 3.92. The summed E-state index contributed by atoms with van der Waals surface area (Å²) in [6, 6.07) is 10.5. The maximum Gasteiger partial charge on any atom is 0.257 e. The zero-order valence-electron chi connectivity index (χ0n) is 15.8. The number of anilines is 1. The Morgan fingerprint density at radius 2 is 1.85 bits per heavy atom. The van der Waals surface area contributed by atoms with Crippen LogP contribution in [0.1, 0.15) is 28.4 Å². The number of hydrogen-bond donors (Lipinski definition) is 3. The summed E-state index contributed by atoms with van der Waals surface area (Å²) in [7, 11) is 1.52. The van der Waals surface area contributed by atoms with Crippen LogP contribution in [0, 0.1) is 6.92 Å². The summed E-state index contributed by atoms with van der Waals surface area (Å²) in [5, 5.41) is 5.53. The Morgan fingerprint density at radius 3 is 2.56 bits per heavy atom. The average Bonchev–Trinajstić information content (AvgIpc) is 2.66. The van der Waals surface area contributed by atoms with E-state index in [9.17, 15) is 9.59 Å². The maximum absolute atomic E-state index is 12.4. The molecule has 0 aliphatic carbocycles. The molecule has 2 amide bonds. The molecular weight excluding hydrogens is 346 g/mol. The van der Waals surface area contributed by atoms with Crippen LogP contribution in [0.3, 0.4) is 0 Å². The minimum Gasteiger partial charge on any atom is -0.493 e. The quantitative estimate of drug-likeness (QED) is 0.616. The van der Waals surface area contributed by atoms with Gasteiger partial charge >= 0.3 is 0 Å². The number of rotatable bonds is 8. The van der Waals surface area contributed by atoms with Gasteiger partial charge in [-0.05, 0) is 49.2 Å². The number of carbonyl (C=O) groups is 2. The molecule has 0 aliphatic heterocycles. The van der Waals surface area contributed by atoms with Crippen molar-refractivity contribution in [2.24, 2.45) is 0 Å². The standard InChI is InChI=1S/C20H25N3O4/c1-4-22-19(24)12-27-17-8-6-14(9-18(17)26-3)11-23-20(25)16-10-15(21)7-5-13(16)2/h5-10H,4,11-12,21H2,1-3H3,(H,22,24)(H,23,25). The third kappa shape index (κ3) is 5.64. The minimum absolute atomic E-state index is 0.0883. The zero-order chi connectivity index (χ0) is 19.8. The van der Waals surface area contributed by atoms with Gasteiger partial charge in [0, 0.05) is 24.3 Å². The van der Waals surface area contributed by atoms with Crippen LogP contribution in [0.4, 0.5) is 5.69 Å². The molecular formula is C20H25N3O4. The van der Waals surface area contributed by atoms with Crippen LogP contribution in [0.2, 0.25) is 0 Å². The lowest BCUT2D eigenvalue weighted by Crippen LogP contribution is -2.28. The van der Waals surface area contributed by atoms with E-state index in [4.69, 9.17) is 15.2 Å². The lowest BCUT2D eigenvalue weighted by molar-refractivity contribution is -0.123. The lowest BCUT2D eigenvalue weighted by atomic mass is 10.1. The molecule has 2 aromatic rings. The topological polar surface area (TPSA) is 103 Å². The van der Waals surface area contributed by atoms with Crippen LogP contribution in [-0.4, -0.2) is 32.1 Å². The number of nitrogens with two attached hydrogens (primary N) is 1. The van der Waals surface area contributed by atoms with Gasteiger partial charge in [-0.1, -0.05) is 12.1 Å². The van der Waals surface area contributed by atoms with Crippen molar-refractivity contribution in [2.75, 3.05) is 26.0 Å². The molecule has 2 aromatic carbocycles. The molecule has 0 aliphatic rings. The Morgan fingerprint density at radius 1 is 1.07 bits per heavy atom. The molecule has 0 saturated heterocycles. The van der Waals surface area contributed by atoms with Gasteiger partial charge < -0.3 is 25.8 Å². The summed E-state index contributed by atoms with van der Waals surface area (Å²) in [6.07, 6.45) is 0. The van der Waals surface area contributed by atoms with Crippen molar-refractivity contribution in [1.29, 1.82) is 0 Å². The van der Waals surface area contributed by atoms with Crippen molar-refractivity contribution in [1.82, 2.24) is 10.6 Å². The predicted octanol–water partition coefficient (Wildman–Crippen LogP) is 2.03. The molecule has 0 unspecified atom stereocenters. The molecule has 2 rings (SSSR count). The van der Waals surface area contributed by atoms with Crippen LogP contribution < -0.4 is 25.8 Å². The number of benzene rings is 2. The smallest absolute Gasteiger partial charge is 0.257 e. The summed E-state index contributed by atoms with van der Waals surface area (Å²) >= 11 is 0. The van der Waals surface area contributed by atoms with Gasteiger partial charge in [-0.3, -0.25) is 9.59 Å². The Balaban J connectivity index is 2.01. The highest BCUT2D eigenvalue weighted by Gasteiger charge is 2.11. The molecule has 7 nitrogen and oxygen atoms in total. The summed E-state index contributed by atoms with van der Waals surface area (Å²) in [6.45, 7) is 4.48. The van der Waals surface area contributed by atoms with Crippen molar-refractivity contribution < 1.29 is 19.1 Å². The van der Waals surface area contributed by atoms with E-state index in [0.29, 0.717) is 35.8 Å². The molecule has 0 spiro atoms. The molecule has 7 heteroatoms. The second-order valence-electron chi connectivity index (χ2n) is 5.98. The monoisotopic (exact) mass is 371 g/mol. The van der Waals surface area contributed by atoms with E-state index in [1.54, 1.807) is 24.3 Å². The predicted molar refractivity (Wildman–Crippen MR) is 104 cm³/mol. The first-order valence-electron chi connectivity index (χ1n) is 8.65. The van der Waals surface area contributed by atoms with Gasteiger partial charge in [0.15, 0.2) is 18.1 Å². The fraction of sp³-hybridized carbons (Fsp3) is 0.300. The SMILES string of the molecule is CCNC(=O)COc1ccc(CNC(=O)c2cc(N)ccc2C)cc1OC. The maximum atomic E-state index is 12.4. The van der Waals surface area contributed by atoms with E-state index in [2.05, 4.69) is 10.6 Å². The molecule has 0 saturated carbocycles. The number of nitrogen functional groups attached to an aromatic ring is 1. The molecule has 0 radical (unpaired) electrons. The molecule has 27 heavy (non-hydrogen) atoms. The van der Waals surface area contributed by atoms with Crippen LogP contribution in [0.25, 0.3) is 0 Å². The first kappa shape index (κ1) is 20.1. The van der Waals surface area contributed by atoms with Gasteiger partial charge in [0.05, 0.1) is 7.11 Å². The molecule has 4 N–H and O–H groups in total. The molecule has 144 valence electrons. The Bertz CT molecular complexity index is 821. The average molecular weight is 371 g/mol. The van der Waals surface area contributed by atoms with E-state index < -0.39 is 0 Å². The van der Waals surface area contributed by atoms with Gasteiger partial charge in [-0.2, -0.15) is 0 Å². The van der Waals surface area contributed by atoms with E-state index >= 15 is 0 Å². The van der Waals surface area contributed by atoms with Crippen LogP contribution >= 0.6 is 0 Å². The van der Waals surface area contributed by atoms with Crippen molar-refractivity contribution in [2.45, 2.75) is 20.4 Å². The highest BCUT2D eigenvalue weighted by molar-refractivity contribution is 5.96. The molecule has 0 aromatic heterocycles. The Kier molecular flexibility index (Phi) is 7.05. The van der Waals surface area contributed by atoms with Crippen LogP contribution in [0.5, 0.6) is 11.5 Å². The fourth-order valence-corrected chi connectivity index (χ4v) is 2.49. The van der Waals surface area contributed by atoms with Gasteiger partial charge in [-0.15, -0.1) is 0 Å². The first-order valence-corrected chi connectivity index (χ1v) is 8.65. The zero-order valence-corrected chi connectivity index (χ0v) is 15.8. The van der Waals surface area contributed by atoms with Crippen molar-refractivity contribution >= 4 is 17.5 Å². The summed E-state index contributed by atoms with van der Waals surface area (Å²) in [5.74, 6) is 0.556. The highest BCUT2D eigenvalue weighted by Crippen LogP contribution is 2.28. The molecule has 0 bridgehead atoms. The second-order valence-corrected chi connectivity index (χ2v) is 5.98. The van der Waals surface area contributed by atoms with E-state index in [1.807, 2.05) is 26.0 Å². The third-order valence-electron chi connectivity index (χ3n) is 3.92. The number of hydrogen-bond acceptors (Lipinski definition) is 5. The molecule has 0 fully saturated rings. The Hall–Kier alpha value is -3.22. The van der Waals surface area contributed by atoms with Crippen molar-refractivity contribution in [3.63, 3.8) is 0 Å². The van der Waals surface area contributed by atoms with Gasteiger partial charge in [-0.25, -0.2) is 0 Å². The van der Waals surface area contributed by atoms with E-state index in [0.717, 1.165) is 11.1 Å². The molecule has 0 heterocycles. The summed E-state index contributed by atoms with van der Waals surface area (Å²) < 4.78 is 10.8. The minimum atomic E-state index is -0.201. The number of nitrogens with one attached hydrogen (secondary N) is 2. The summed E-state index contributed by atoms with van der Waals surface area (Å²) in [4.78, 5) is 23.9. The number of methoxy groups -OCH3 is 1. The second kappa shape index (κ2) is 9.47. The van der Waals surface area contributed by atoms with E-state index in [1.165, 1.54) is 7.11 Å². The number of carbonyl (C=O) groups excluding carboxylic acids is 2. The number of likely N-dealkylation sites (N-methyl/N-ethyl adjacent to an activating group) is 1. The van der Waals surface area contributed by atoms with Crippen LogP contribution in [-0.2, 0) is 11.3 Å². The number of ether oxygens (including phenoxy) is 2. The lowest BCUT2D eigenvalue weighted by Gasteiger charge is -2.13. The largest absolute Gasteiger partial charge is 0.493 e. The van der Waals surface area contributed by atoms with Gasteiger partial charge in [0.1, 0.15) is 0 Å². The van der Waals surface area contributed by atoms with E-state index in [-0.39, 0.29) is 18.4 Å².